The zero-order valence-electron chi connectivity index (χ0n) is 10.4. The molecule has 0 bridgehead atoms. The molecule has 0 radical (unpaired) electrons. The first-order valence-corrected chi connectivity index (χ1v) is 6.66. The molecule has 2 rings (SSSR count). The van der Waals surface area contributed by atoms with Gasteiger partial charge in [-0.1, -0.05) is 28.1 Å². The molecule has 0 aliphatic rings. The van der Waals surface area contributed by atoms with Gasteiger partial charge in [0, 0.05) is 23.1 Å². The molecule has 0 aliphatic heterocycles. The number of benzene rings is 1. The van der Waals surface area contributed by atoms with Crippen LogP contribution in [0.15, 0.2) is 45.5 Å². The summed E-state index contributed by atoms with van der Waals surface area (Å²) in [5, 5.41) is 0. The minimum absolute atomic E-state index is 0.453. The SMILES string of the molecule is CN(Cc1ccc(Br)cc1)Cc1ccoc1CN. The van der Waals surface area contributed by atoms with E-state index >= 15 is 0 Å². The summed E-state index contributed by atoms with van der Waals surface area (Å²) in [6.07, 6.45) is 1.70. The Balaban J connectivity index is 1.96. The van der Waals surface area contributed by atoms with E-state index in [-0.39, 0.29) is 0 Å². The minimum atomic E-state index is 0.453. The third-order valence-electron chi connectivity index (χ3n) is 2.83. The van der Waals surface area contributed by atoms with Crippen molar-refractivity contribution in [3.8, 4) is 0 Å². The van der Waals surface area contributed by atoms with E-state index in [1.165, 1.54) is 5.56 Å². The molecule has 0 fully saturated rings. The number of halogens is 1. The number of nitrogens with two attached hydrogens (primary N) is 1. The average Bonchev–Trinajstić information content (AvgIpc) is 2.79. The summed E-state index contributed by atoms with van der Waals surface area (Å²) in [7, 11) is 2.09. The summed E-state index contributed by atoms with van der Waals surface area (Å²) < 4.78 is 6.43. The highest BCUT2D eigenvalue weighted by molar-refractivity contribution is 9.10. The fourth-order valence-electron chi connectivity index (χ4n) is 1.94. The van der Waals surface area contributed by atoms with Crippen LogP contribution in [0.1, 0.15) is 16.9 Å². The molecule has 0 spiro atoms. The molecule has 18 heavy (non-hydrogen) atoms. The number of hydrogen-bond acceptors (Lipinski definition) is 3. The minimum Gasteiger partial charge on any atom is -0.468 e. The zero-order valence-corrected chi connectivity index (χ0v) is 12.0. The number of hydrogen-bond donors (Lipinski definition) is 1. The van der Waals surface area contributed by atoms with Crippen LogP contribution < -0.4 is 5.73 Å². The van der Waals surface area contributed by atoms with Crippen LogP contribution in [0, 0.1) is 0 Å². The maximum absolute atomic E-state index is 5.62. The summed E-state index contributed by atoms with van der Waals surface area (Å²) >= 11 is 3.44. The smallest absolute Gasteiger partial charge is 0.121 e. The number of furan rings is 1. The van der Waals surface area contributed by atoms with Crippen LogP contribution in [-0.2, 0) is 19.6 Å². The molecule has 0 atom stereocenters. The average molecular weight is 309 g/mol. The van der Waals surface area contributed by atoms with E-state index < -0.39 is 0 Å². The highest BCUT2D eigenvalue weighted by atomic mass is 79.9. The number of nitrogens with zero attached hydrogens (tertiary/aromatic N) is 1. The molecule has 4 heteroatoms. The van der Waals surface area contributed by atoms with Gasteiger partial charge in [-0.2, -0.15) is 0 Å². The first-order valence-electron chi connectivity index (χ1n) is 5.87. The van der Waals surface area contributed by atoms with Gasteiger partial charge < -0.3 is 10.2 Å². The predicted octanol–water partition coefficient (Wildman–Crippen LogP) is 3.13. The second-order valence-corrected chi connectivity index (χ2v) is 5.29. The molecule has 2 aromatic rings. The Bertz CT molecular complexity index is 493. The van der Waals surface area contributed by atoms with Gasteiger partial charge >= 0.3 is 0 Å². The van der Waals surface area contributed by atoms with E-state index in [0.29, 0.717) is 6.54 Å². The van der Waals surface area contributed by atoms with Crippen LogP contribution in [0.2, 0.25) is 0 Å². The van der Waals surface area contributed by atoms with Crippen LogP contribution in [0.3, 0.4) is 0 Å². The molecule has 0 saturated heterocycles. The Morgan fingerprint density at radius 2 is 1.89 bits per heavy atom. The summed E-state index contributed by atoms with van der Waals surface area (Å²) in [5.41, 5.74) is 8.08. The van der Waals surface area contributed by atoms with Crippen molar-refractivity contribution in [1.82, 2.24) is 4.90 Å². The molecular weight excluding hydrogens is 292 g/mol. The first kappa shape index (κ1) is 13.3. The molecule has 0 aliphatic carbocycles. The second kappa shape index (κ2) is 6.18. The predicted molar refractivity (Wildman–Crippen MR) is 75.9 cm³/mol. The van der Waals surface area contributed by atoms with Crippen molar-refractivity contribution in [3.05, 3.63) is 58.0 Å². The largest absolute Gasteiger partial charge is 0.468 e. The van der Waals surface area contributed by atoms with Gasteiger partial charge in [0.2, 0.25) is 0 Å². The fourth-order valence-corrected chi connectivity index (χ4v) is 2.20. The molecule has 1 heterocycles. The lowest BCUT2D eigenvalue weighted by Crippen LogP contribution is -2.18. The van der Waals surface area contributed by atoms with Crippen molar-refractivity contribution in [2.24, 2.45) is 5.73 Å². The summed E-state index contributed by atoms with van der Waals surface area (Å²) in [6, 6.07) is 10.4. The van der Waals surface area contributed by atoms with Gasteiger partial charge in [0.25, 0.3) is 0 Å². The lowest BCUT2D eigenvalue weighted by molar-refractivity contribution is 0.315. The van der Waals surface area contributed by atoms with E-state index in [4.69, 9.17) is 10.2 Å². The van der Waals surface area contributed by atoms with Crippen molar-refractivity contribution in [1.29, 1.82) is 0 Å². The quantitative estimate of drug-likeness (QED) is 0.922. The van der Waals surface area contributed by atoms with Gasteiger partial charge in [0.15, 0.2) is 0 Å². The normalized spacial score (nSPS) is 11.1. The van der Waals surface area contributed by atoms with Crippen LogP contribution in [0.5, 0.6) is 0 Å². The van der Waals surface area contributed by atoms with E-state index in [9.17, 15) is 0 Å². The topological polar surface area (TPSA) is 42.4 Å². The molecular formula is C14H17BrN2O. The van der Waals surface area contributed by atoms with E-state index in [2.05, 4.69) is 52.1 Å². The van der Waals surface area contributed by atoms with Crippen molar-refractivity contribution in [2.45, 2.75) is 19.6 Å². The van der Waals surface area contributed by atoms with Gasteiger partial charge in [0.05, 0.1) is 12.8 Å². The molecule has 1 aromatic heterocycles. The maximum atomic E-state index is 5.62. The highest BCUT2D eigenvalue weighted by Gasteiger charge is 2.08. The Kier molecular flexibility index (Phi) is 4.58. The van der Waals surface area contributed by atoms with E-state index in [1.54, 1.807) is 6.26 Å². The lowest BCUT2D eigenvalue weighted by Gasteiger charge is -2.16. The monoisotopic (exact) mass is 308 g/mol. The van der Waals surface area contributed by atoms with Gasteiger partial charge in [0.1, 0.15) is 5.76 Å². The van der Waals surface area contributed by atoms with Gasteiger partial charge in [-0.05, 0) is 30.8 Å². The third kappa shape index (κ3) is 3.45. The Morgan fingerprint density at radius 1 is 1.17 bits per heavy atom. The maximum Gasteiger partial charge on any atom is 0.121 e. The molecule has 0 amide bonds. The van der Waals surface area contributed by atoms with E-state index in [1.807, 2.05) is 6.07 Å². The zero-order chi connectivity index (χ0) is 13.0. The van der Waals surface area contributed by atoms with Crippen LogP contribution >= 0.6 is 15.9 Å². The van der Waals surface area contributed by atoms with Gasteiger partial charge in [-0.3, -0.25) is 4.90 Å². The van der Waals surface area contributed by atoms with Gasteiger partial charge in [-0.15, -0.1) is 0 Å². The molecule has 1 aromatic carbocycles. The van der Waals surface area contributed by atoms with Crippen LogP contribution in [0.4, 0.5) is 0 Å². The molecule has 0 unspecified atom stereocenters. The molecule has 96 valence electrons. The number of rotatable bonds is 5. The Morgan fingerprint density at radius 3 is 2.56 bits per heavy atom. The van der Waals surface area contributed by atoms with Crippen molar-refractivity contribution >= 4 is 15.9 Å². The third-order valence-corrected chi connectivity index (χ3v) is 3.36. The van der Waals surface area contributed by atoms with Crippen molar-refractivity contribution < 1.29 is 4.42 Å². The molecule has 0 saturated carbocycles. The van der Waals surface area contributed by atoms with Crippen molar-refractivity contribution in [3.63, 3.8) is 0 Å². The summed E-state index contributed by atoms with van der Waals surface area (Å²) in [6.45, 7) is 2.20. The van der Waals surface area contributed by atoms with Crippen LogP contribution in [0.25, 0.3) is 0 Å². The standard InChI is InChI=1S/C14H17BrN2O/c1-17(9-11-2-4-13(15)5-3-11)10-12-6-7-18-14(12)8-16/h2-7H,8-10,16H2,1H3. The molecule has 2 N–H and O–H groups in total. The van der Waals surface area contributed by atoms with Gasteiger partial charge in [-0.25, -0.2) is 0 Å². The van der Waals surface area contributed by atoms with E-state index in [0.717, 1.165) is 28.9 Å². The molecule has 3 nitrogen and oxygen atoms in total. The summed E-state index contributed by atoms with van der Waals surface area (Å²) in [4.78, 5) is 2.24. The second-order valence-electron chi connectivity index (χ2n) is 4.37. The first-order chi connectivity index (χ1) is 8.69. The van der Waals surface area contributed by atoms with Crippen molar-refractivity contribution in [2.75, 3.05) is 7.05 Å². The van der Waals surface area contributed by atoms with Crippen LogP contribution in [-0.4, -0.2) is 11.9 Å². The summed E-state index contributed by atoms with van der Waals surface area (Å²) in [5.74, 6) is 0.873. The Labute approximate surface area is 116 Å². The fraction of sp³-hybridized carbons (Fsp3) is 0.286. The highest BCUT2D eigenvalue weighted by Crippen LogP contribution is 2.15. The Hall–Kier alpha value is -1.10. The lowest BCUT2D eigenvalue weighted by atomic mass is 10.2.